The van der Waals surface area contributed by atoms with Gasteiger partial charge in [-0.05, 0) is 56.4 Å². The highest BCUT2D eigenvalue weighted by Gasteiger charge is 2.24. The van der Waals surface area contributed by atoms with Crippen LogP contribution in [0.3, 0.4) is 0 Å². The first-order chi connectivity index (χ1) is 13.6. The van der Waals surface area contributed by atoms with Crippen LogP contribution >= 0.6 is 0 Å². The van der Waals surface area contributed by atoms with E-state index in [0.29, 0.717) is 29.3 Å². The third-order valence-corrected chi connectivity index (χ3v) is 5.34. The van der Waals surface area contributed by atoms with E-state index in [9.17, 15) is 9.90 Å². The number of carbonyl (C=O) groups excluding carboxylic acids is 1. The van der Waals surface area contributed by atoms with Crippen molar-refractivity contribution in [2.24, 2.45) is 0 Å². The molecule has 0 aliphatic heterocycles. The van der Waals surface area contributed by atoms with E-state index in [1.54, 1.807) is 0 Å². The van der Waals surface area contributed by atoms with Crippen LogP contribution in [-0.4, -0.2) is 23.2 Å². The number of benzene rings is 2. The Morgan fingerprint density at radius 3 is 2.64 bits per heavy atom. The average molecular weight is 379 g/mol. The van der Waals surface area contributed by atoms with Crippen LogP contribution in [0.5, 0.6) is 5.75 Å². The molecule has 146 valence electrons. The predicted molar refractivity (Wildman–Crippen MR) is 107 cm³/mol. The van der Waals surface area contributed by atoms with Gasteiger partial charge in [0.2, 0.25) is 0 Å². The molecule has 3 aromatic rings. The molecule has 2 N–H and O–H groups in total. The Morgan fingerprint density at radius 2 is 1.89 bits per heavy atom. The minimum Gasteiger partial charge on any atom is -0.489 e. The molecule has 0 spiro atoms. The van der Waals surface area contributed by atoms with E-state index in [1.165, 1.54) is 0 Å². The molecule has 5 nitrogen and oxygen atoms in total. The zero-order valence-electron chi connectivity index (χ0n) is 16.0. The number of rotatable bonds is 5. The van der Waals surface area contributed by atoms with Gasteiger partial charge in [0.15, 0.2) is 0 Å². The number of carbonyl (C=O) groups is 1. The number of hydrogen-bond donors (Lipinski definition) is 2. The molecule has 1 saturated carbocycles. The highest BCUT2D eigenvalue weighted by Crippen LogP contribution is 2.30. The quantitative estimate of drug-likeness (QED) is 0.691. The maximum Gasteiger partial charge on any atom is 0.255 e. The number of amides is 1. The largest absolute Gasteiger partial charge is 0.489 e. The van der Waals surface area contributed by atoms with Crippen molar-refractivity contribution in [1.29, 1.82) is 0 Å². The third-order valence-electron chi connectivity index (χ3n) is 5.34. The maximum atomic E-state index is 12.9. The summed E-state index contributed by atoms with van der Waals surface area (Å²) in [7, 11) is 0. The van der Waals surface area contributed by atoms with E-state index < -0.39 is 0 Å². The molecule has 28 heavy (non-hydrogen) atoms. The molecule has 0 saturated heterocycles. The van der Waals surface area contributed by atoms with Crippen LogP contribution in [0.2, 0.25) is 0 Å². The van der Waals surface area contributed by atoms with Gasteiger partial charge in [0.1, 0.15) is 23.7 Å². The Bertz CT molecular complexity index is 955. The SMILES string of the molecule is Cc1oc2ccc(OCc3ccccc3)cc2c1C(=O)N[C@H]1CC[C@H](O)CC1. The van der Waals surface area contributed by atoms with Crippen LogP contribution in [0.4, 0.5) is 0 Å². The summed E-state index contributed by atoms with van der Waals surface area (Å²) in [5.41, 5.74) is 2.32. The van der Waals surface area contributed by atoms with E-state index in [2.05, 4.69) is 5.32 Å². The molecule has 4 rings (SSSR count). The number of furan rings is 1. The minimum atomic E-state index is -0.242. The van der Waals surface area contributed by atoms with Crippen LogP contribution in [-0.2, 0) is 6.61 Å². The number of hydrogen-bond acceptors (Lipinski definition) is 4. The summed E-state index contributed by atoms with van der Waals surface area (Å²) in [6, 6.07) is 15.6. The fraction of sp³-hybridized carbons (Fsp3) is 0.348. The van der Waals surface area contributed by atoms with Gasteiger partial charge >= 0.3 is 0 Å². The van der Waals surface area contributed by atoms with Gasteiger partial charge in [-0.1, -0.05) is 30.3 Å². The monoisotopic (exact) mass is 379 g/mol. The Morgan fingerprint density at radius 1 is 1.14 bits per heavy atom. The molecule has 1 fully saturated rings. The molecular formula is C23H25NO4. The van der Waals surface area contributed by atoms with Gasteiger partial charge in [-0.25, -0.2) is 0 Å². The van der Waals surface area contributed by atoms with Gasteiger partial charge in [0.25, 0.3) is 5.91 Å². The molecule has 1 aromatic heterocycles. The lowest BCUT2D eigenvalue weighted by Crippen LogP contribution is -2.38. The summed E-state index contributed by atoms with van der Waals surface area (Å²) in [5, 5.41) is 13.5. The van der Waals surface area contributed by atoms with Crippen molar-refractivity contribution in [3.05, 3.63) is 65.4 Å². The molecule has 1 amide bonds. The van der Waals surface area contributed by atoms with Crippen LogP contribution < -0.4 is 10.1 Å². The number of nitrogens with one attached hydrogen (secondary N) is 1. The fourth-order valence-corrected chi connectivity index (χ4v) is 3.79. The summed E-state index contributed by atoms with van der Waals surface area (Å²) >= 11 is 0. The Labute approximate surface area is 164 Å². The van der Waals surface area contributed by atoms with Gasteiger partial charge in [-0.3, -0.25) is 4.79 Å². The van der Waals surface area contributed by atoms with E-state index in [4.69, 9.17) is 9.15 Å². The van der Waals surface area contributed by atoms with Gasteiger partial charge in [-0.2, -0.15) is 0 Å². The molecule has 5 heteroatoms. The molecule has 0 unspecified atom stereocenters. The molecule has 0 radical (unpaired) electrons. The second-order valence-corrected chi connectivity index (χ2v) is 7.44. The van der Waals surface area contributed by atoms with Crippen molar-refractivity contribution in [3.63, 3.8) is 0 Å². The molecule has 1 heterocycles. The zero-order valence-corrected chi connectivity index (χ0v) is 16.0. The average Bonchev–Trinajstić information content (AvgIpc) is 3.04. The number of aliphatic hydroxyl groups excluding tert-OH is 1. The normalized spacial score (nSPS) is 19.5. The summed E-state index contributed by atoms with van der Waals surface area (Å²) < 4.78 is 11.7. The highest BCUT2D eigenvalue weighted by molar-refractivity contribution is 6.07. The lowest BCUT2D eigenvalue weighted by molar-refractivity contribution is 0.0867. The minimum absolute atomic E-state index is 0.0952. The van der Waals surface area contributed by atoms with Crippen molar-refractivity contribution < 1.29 is 19.1 Å². The summed E-state index contributed by atoms with van der Waals surface area (Å²) in [4.78, 5) is 12.9. The summed E-state index contributed by atoms with van der Waals surface area (Å²) in [6.07, 6.45) is 2.82. The predicted octanol–water partition coefficient (Wildman–Crippen LogP) is 4.35. The first kappa shape index (κ1) is 18.6. The van der Waals surface area contributed by atoms with Gasteiger partial charge in [0.05, 0.1) is 11.7 Å². The second kappa shape index (κ2) is 8.07. The lowest BCUT2D eigenvalue weighted by Gasteiger charge is -2.26. The number of aryl methyl sites for hydroxylation is 1. The fourth-order valence-electron chi connectivity index (χ4n) is 3.79. The Kier molecular flexibility index (Phi) is 5.35. The van der Waals surface area contributed by atoms with Crippen molar-refractivity contribution in [1.82, 2.24) is 5.32 Å². The molecule has 2 aromatic carbocycles. The van der Waals surface area contributed by atoms with Crippen LogP contribution in [0.15, 0.2) is 52.9 Å². The van der Waals surface area contributed by atoms with Gasteiger partial charge in [-0.15, -0.1) is 0 Å². The first-order valence-electron chi connectivity index (χ1n) is 9.79. The van der Waals surface area contributed by atoms with E-state index >= 15 is 0 Å². The Balaban J connectivity index is 1.52. The third kappa shape index (κ3) is 4.04. The summed E-state index contributed by atoms with van der Waals surface area (Å²) in [6.45, 7) is 2.28. The molecule has 0 bridgehead atoms. The number of fused-ring (bicyclic) bond motifs is 1. The maximum absolute atomic E-state index is 12.9. The van der Waals surface area contributed by atoms with Gasteiger partial charge in [0, 0.05) is 11.4 Å². The Hall–Kier alpha value is -2.79. The topological polar surface area (TPSA) is 71.7 Å². The van der Waals surface area contributed by atoms with E-state index in [1.807, 2.05) is 55.5 Å². The van der Waals surface area contributed by atoms with E-state index in [-0.39, 0.29) is 18.1 Å². The van der Waals surface area contributed by atoms with Crippen molar-refractivity contribution in [2.75, 3.05) is 0 Å². The highest BCUT2D eigenvalue weighted by atomic mass is 16.5. The van der Waals surface area contributed by atoms with Gasteiger partial charge < -0.3 is 19.6 Å². The molecule has 1 aliphatic carbocycles. The van der Waals surface area contributed by atoms with Crippen LogP contribution in [0.25, 0.3) is 11.0 Å². The van der Waals surface area contributed by atoms with Crippen LogP contribution in [0, 0.1) is 6.92 Å². The molecule has 0 atom stereocenters. The molecule has 1 aliphatic rings. The number of ether oxygens (including phenoxy) is 1. The van der Waals surface area contributed by atoms with E-state index in [0.717, 1.165) is 36.6 Å². The summed E-state index contributed by atoms with van der Waals surface area (Å²) in [5.74, 6) is 1.17. The zero-order chi connectivity index (χ0) is 19.5. The second-order valence-electron chi connectivity index (χ2n) is 7.44. The van der Waals surface area contributed by atoms with Crippen molar-refractivity contribution >= 4 is 16.9 Å². The standard InChI is InChI=1S/C23H25NO4/c1-15-22(23(26)24-17-7-9-18(25)10-8-17)20-13-19(11-12-21(20)28-15)27-14-16-5-3-2-4-6-16/h2-6,11-13,17-18,25H,7-10,14H2,1H3,(H,24,26)/t17-,18-. The lowest BCUT2D eigenvalue weighted by atomic mass is 9.93. The van der Waals surface area contributed by atoms with Crippen LogP contribution in [0.1, 0.15) is 47.4 Å². The van der Waals surface area contributed by atoms with Crippen molar-refractivity contribution in [2.45, 2.75) is 51.4 Å². The first-order valence-corrected chi connectivity index (χ1v) is 9.79. The smallest absolute Gasteiger partial charge is 0.255 e. The van der Waals surface area contributed by atoms with Crippen molar-refractivity contribution in [3.8, 4) is 5.75 Å². The molecular weight excluding hydrogens is 354 g/mol. The number of aliphatic hydroxyl groups is 1.